The van der Waals surface area contributed by atoms with Crippen molar-refractivity contribution in [3.63, 3.8) is 0 Å². The van der Waals surface area contributed by atoms with Crippen LogP contribution in [0.2, 0.25) is 0 Å². The van der Waals surface area contributed by atoms with Crippen molar-refractivity contribution in [1.82, 2.24) is 0 Å². The molecule has 0 aliphatic heterocycles. The average molecular weight is 215 g/mol. The van der Waals surface area contributed by atoms with Crippen molar-refractivity contribution in [2.24, 2.45) is 5.73 Å². The van der Waals surface area contributed by atoms with Gasteiger partial charge in [-0.05, 0) is 37.5 Å². The number of alkyl halides is 2. The van der Waals surface area contributed by atoms with Crippen LogP contribution in [0.1, 0.15) is 18.1 Å². The predicted octanol–water partition coefficient (Wildman–Crippen LogP) is 2.23. The fourth-order valence-corrected chi connectivity index (χ4v) is 1.28. The van der Waals surface area contributed by atoms with E-state index in [1.807, 2.05) is 0 Å². The van der Waals surface area contributed by atoms with Gasteiger partial charge >= 0.3 is 0 Å². The summed E-state index contributed by atoms with van der Waals surface area (Å²) < 4.78 is 25.0. The molecular weight excluding hydrogens is 200 g/mol. The van der Waals surface area contributed by atoms with Crippen LogP contribution in [0.3, 0.4) is 0 Å². The molecule has 1 atom stereocenters. The van der Waals surface area contributed by atoms with Crippen molar-refractivity contribution in [2.75, 3.05) is 0 Å². The molecule has 0 saturated carbocycles. The van der Waals surface area contributed by atoms with E-state index >= 15 is 0 Å². The number of nitrogens with two attached hydrogens (primary N) is 1. The van der Waals surface area contributed by atoms with Crippen molar-refractivity contribution < 1.29 is 13.9 Å². The van der Waals surface area contributed by atoms with Gasteiger partial charge in [0.15, 0.2) is 0 Å². The highest BCUT2D eigenvalue weighted by Gasteiger charge is 2.30. The molecule has 0 amide bonds. The van der Waals surface area contributed by atoms with Gasteiger partial charge in [0, 0.05) is 0 Å². The third-order valence-electron chi connectivity index (χ3n) is 2.36. The Bertz CT molecular complexity index is 350. The maximum atomic E-state index is 12.5. The van der Waals surface area contributed by atoms with E-state index in [4.69, 9.17) is 5.73 Å². The maximum Gasteiger partial charge on any atom is 0.256 e. The van der Waals surface area contributed by atoms with Crippen LogP contribution in [0.4, 0.5) is 8.78 Å². The van der Waals surface area contributed by atoms with Crippen LogP contribution in [0, 0.1) is 6.92 Å². The molecule has 0 aromatic heterocycles. The highest BCUT2D eigenvalue weighted by molar-refractivity contribution is 5.36. The lowest BCUT2D eigenvalue weighted by Gasteiger charge is -2.23. The number of aromatic hydroxyl groups is 1. The summed E-state index contributed by atoms with van der Waals surface area (Å²) >= 11 is 0. The Morgan fingerprint density at radius 2 is 2.07 bits per heavy atom. The Labute approximate surface area is 87.7 Å². The molecule has 1 aromatic carbocycles. The third kappa shape index (κ3) is 2.89. The number of benzene rings is 1. The van der Waals surface area contributed by atoms with E-state index < -0.39 is 12.0 Å². The largest absolute Gasteiger partial charge is 0.508 e. The number of hydrogen-bond donors (Lipinski definition) is 2. The van der Waals surface area contributed by atoms with Crippen molar-refractivity contribution in [3.05, 3.63) is 29.3 Å². The van der Waals surface area contributed by atoms with Crippen LogP contribution in [0.15, 0.2) is 18.2 Å². The van der Waals surface area contributed by atoms with E-state index in [1.54, 1.807) is 19.1 Å². The van der Waals surface area contributed by atoms with Gasteiger partial charge in [0.1, 0.15) is 5.75 Å². The van der Waals surface area contributed by atoms with Gasteiger partial charge in [0.2, 0.25) is 0 Å². The molecule has 1 rings (SSSR count). The molecule has 0 aliphatic carbocycles. The Morgan fingerprint density at radius 1 is 1.47 bits per heavy atom. The van der Waals surface area contributed by atoms with Crippen molar-refractivity contribution in [3.8, 4) is 5.75 Å². The number of hydrogen-bond acceptors (Lipinski definition) is 2. The van der Waals surface area contributed by atoms with Gasteiger partial charge in [-0.2, -0.15) is 0 Å². The zero-order chi connectivity index (χ0) is 11.6. The van der Waals surface area contributed by atoms with E-state index in [0.29, 0.717) is 5.56 Å². The Balaban J connectivity index is 2.86. The normalized spacial score (nSPS) is 15.3. The molecule has 1 aromatic rings. The van der Waals surface area contributed by atoms with Crippen LogP contribution in [-0.4, -0.2) is 17.1 Å². The first-order valence-electron chi connectivity index (χ1n) is 4.68. The summed E-state index contributed by atoms with van der Waals surface area (Å²) in [5, 5.41) is 9.41. The second-order valence-corrected chi connectivity index (χ2v) is 4.10. The van der Waals surface area contributed by atoms with Gasteiger partial charge in [-0.15, -0.1) is 0 Å². The number of phenolic OH excluding ortho intramolecular Hbond substituents is 1. The topological polar surface area (TPSA) is 46.2 Å². The molecule has 15 heavy (non-hydrogen) atoms. The Kier molecular flexibility index (Phi) is 3.29. The quantitative estimate of drug-likeness (QED) is 0.812. The first-order valence-corrected chi connectivity index (χ1v) is 4.68. The van der Waals surface area contributed by atoms with Gasteiger partial charge in [-0.1, -0.05) is 12.1 Å². The molecule has 0 bridgehead atoms. The van der Waals surface area contributed by atoms with Gasteiger partial charge < -0.3 is 10.8 Å². The van der Waals surface area contributed by atoms with Crippen LogP contribution in [-0.2, 0) is 6.42 Å². The highest BCUT2D eigenvalue weighted by atomic mass is 19.3. The molecular formula is C11H15F2NO. The summed E-state index contributed by atoms with van der Waals surface area (Å²) in [4.78, 5) is 0. The van der Waals surface area contributed by atoms with Crippen LogP contribution < -0.4 is 5.73 Å². The number of aryl methyl sites for hydroxylation is 1. The minimum Gasteiger partial charge on any atom is -0.508 e. The maximum absolute atomic E-state index is 12.5. The van der Waals surface area contributed by atoms with Crippen LogP contribution in [0.25, 0.3) is 0 Å². The zero-order valence-corrected chi connectivity index (χ0v) is 8.80. The van der Waals surface area contributed by atoms with Crippen LogP contribution >= 0.6 is 0 Å². The third-order valence-corrected chi connectivity index (χ3v) is 2.36. The molecule has 0 fully saturated rings. The molecule has 2 nitrogen and oxygen atoms in total. The number of phenols is 1. The molecule has 0 saturated heterocycles. The van der Waals surface area contributed by atoms with E-state index in [9.17, 15) is 13.9 Å². The monoisotopic (exact) mass is 215 g/mol. The lowest BCUT2D eigenvalue weighted by Crippen LogP contribution is -2.45. The lowest BCUT2D eigenvalue weighted by atomic mass is 9.94. The summed E-state index contributed by atoms with van der Waals surface area (Å²) in [5.74, 6) is 0.109. The number of halogens is 2. The molecule has 1 unspecified atom stereocenters. The molecule has 0 radical (unpaired) electrons. The van der Waals surface area contributed by atoms with Gasteiger partial charge in [-0.25, -0.2) is 8.78 Å². The minimum absolute atomic E-state index is 0.0402. The predicted molar refractivity (Wildman–Crippen MR) is 55.1 cm³/mol. The summed E-state index contributed by atoms with van der Waals surface area (Å²) in [6.45, 7) is 3.04. The van der Waals surface area contributed by atoms with Gasteiger partial charge in [-0.3, -0.25) is 0 Å². The Hall–Kier alpha value is -1.16. The smallest absolute Gasteiger partial charge is 0.256 e. The second-order valence-electron chi connectivity index (χ2n) is 4.10. The van der Waals surface area contributed by atoms with Gasteiger partial charge in [0.05, 0.1) is 5.54 Å². The molecule has 3 N–H and O–H groups in total. The minimum atomic E-state index is -2.58. The lowest BCUT2D eigenvalue weighted by molar-refractivity contribution is 0.0639. The standard InChI is InChI=1S/C11H15F2NO/c1-7-3-4-8(5-9(7)15)6-11(2,14)10(12)13/h3-5,10,15H,6,14H2,1-2H3. The summed E-state index contributed by atoms with van der Waals surface area (Å²) in [6.07, 6.45) is -2.54. The van der Waals surface area contributed by atoms with Crippen molar-refractivity contribution >= 4 is 0 Å². The SMILES string of the molecule is Cc1ccc(CC(C)(N)C(F)F)cc1O. The molecule has 0 spiro atoms. The average Bonchev–Trinajstić information content (AvgIpc) is 2.10. The number of rotatable bonds is 3. The first kappa shape index (κ1) is 11.9. The van der Waals surface area contributed by atoms with Crippen LogP contribution in [0.5, 0.6) is 5.75 Å². The second kappa shape index (κ2) is 4.14. The summed E-state index contributed by atoms with van der Waals surface area (Å²) in [6, 6.07) is 4.86. The molecule has 0 heterocycles. The highest BCUT2D eigenvalue weighted by Crippen LogP contribution is 2.23. The van der Waals surface area contributed by atoms with E-state index in [-0.39, 0.29) is 12.2 Å². The summed E-state index contributed by atoms with van der Waals surface area (Å²) in [7, 11) is 0. The molecule has 0 aliphatic rings. The molecule has 4 heteroatoms. The zero-order valence-electron chi connectivity index (χ0n) is 8.80. The Morgan fingerprint density at radius 3 is 2.53 bits per heavy atom. The fraction of sp³-hybridized carbons (Fsp3) is 0.455. The van der Waals surface area contributed by atoms with E-state index in [1.165, 1.54) is 13.0 Å². The van der Waals surface area contributed by atoms with Crippen molar-refractivity contribution in [1.29, 1.82) is 0 Å². The van der Waals surface area contributed by atoms with Crippen molar-refractivity contribution in [2.45, 2.75) is 32.2 Å². The summed E-state index contributed by atoms with van der Waals surface area (Å²) in [5.41, 5.74) is 5.23. The fourth-order valence-electron chi connectivity index (χ4n) is 1.28. The van der Waals surface area contributed by atoms with E-state index in [2.05, 4.69) is 0 Å². The van der Waals surface area contributed by atoms with Gasteiger partial charge in [0.25, 0.3) is 6.43 Å². The molecule has 84 valence electrons. The first-order chi connectivity index (χ1) is 6.83. The van der Waals surface area contributed by atoms with E-state index in [0.717, 1.165) is 5.56 Å².